The summed E-state index contributed by atoms with van der Waals surface area (Å²) in [5, 5.41) is 16.1. The summed E-state index contributed by atoms with van der Waals surface area (Å²) < 4.78 is 0. The molecule has 1 aromatic carbocycles. The van der Waals surface area contributed by atoms with Crippen LogP contribution in [-0.4, -0.2) is 20.8 Å². The number of thiazole rings is 1. The van der Waals surface area contributed by atoms with Crippen molar-refractivity contribution in [1.29, 1.82) is 0 Å². The van der Waals surface area contributed by atoms with Crippen LogP contribution in [-0.2, 0) is 11.3 Å². The average molecular weight is 366 g/mol. The molecule has 0 atom stereocenters. The van der Waals surface area contributed by atoms with E-state index in [0.29, 0.717) is 12.1 Å². The van der Waals surface area contributed by atoms with Crippen LogP contribution in [0.4, 0.5) is 5.69 Å². The van der Waals surface area contributed by atoms with Crippen molar-refractivity contribution in [3.05, 3.63) is 81.5 Å². The first-order valence-corrected chi connectivity index (χ1v) is 8.56. The van der Waals surface area contributed by atoms with Gasteiger partial charge >= 0.3 is 0 Å². The van der Waals surface area contributed by atoms with Gasteiger partial charge in [-0.05, 0) is 23.8 Å². The average Bonchev–Trinajstić information content (AvgIpc) is 3.15. The predicted molar refractivity (Wildman–Crippen MR) is 99.3 cm³/mol. The number of hydrogen-bond donors (Lipinski definition) is 1. The van der Waals surface area contributed by atoms with E-state index in [4.69, 9.17) is 0 Å². The number of pyridine rings is 1. The Morgan fingerprint density at radius 2 is 2.15 bits per heavy atom. The molecule has 0 unspecified atom stereocenters. The van der Waals surface area contributed by atoms with Crippen molar-refractivity contribution in [3.63, 3.8) is 0 Å². The lowest BCUT2D eigenvalue weighted by molar-refractivity contribution is -0.384. The molecule has 3 aromatic rings. The molecule has 0 aliphatic rings. The Bertz CT molecular complexity index is 954. The Kier molecular flexibility index (Phi) is 5.45. The van der Waals surface area contributed by atoms with Gasteiger partial charge in [-0.15, -0.1) is 11.3 Å². The summed E-state index contributed by atoms with van der Waals surface area (Å²) in [6, 6.07) is 11.7. The number of aromatic nitrogens is 2. The summed E-state index contributed by atoms with van der Waals surface area (Å²) in [7, 11) is 0. The Balaban J connectivity index is 1.57. The number of nitrogens with one attached hydrogen (secondary N) is 1. The van der Waals surface area contributed by atoms with Crippen LogP contribution in [0.2, 0.25) is 0 Å². The van der Waals surface area contributed by atoms with Crippen LogP contribution in [0.1, 0.15) is 11.3 Å². The third-order valence-corrected chi connectivity index (χ3v) is 4.30. The van der Waals surface area contributed by atoms with E-state index in [0.717, 1.165) is 16.4 Å². The maximum atomic E-state index is 11.9. The maximum absolute atomic E-state index is 11.9. The molecule has 0 saturated carbocycles. The van der Waals surface area contributed by atoms with Gasteiger partial charge in [-0.25, -0.2) is 4.98 Å². The fourth-order valence-electron chi connectivity index (χ4n) is 2.15. The van der Waals surface area contributed by atoms with Crippen molar-refractivity contribution in [2.45, 2.75) is 6.54 Å². The summed E-state index contributed by atoms with van der Waals surface area (Å²) >= 11 is 1.46. The third kappa shape index (κ3) is 4.58. The second kappa shape index (κ2) is 8.13. The Morgan fingerprint density at radius 3 is 2.92 bits per heavy atom. The summed E-state index contributed by atoms with van der Waals surface area (Å²) in [6.45, 7) is 0.293. The number of nitro groups is 1. The number of benzene rings is 1. The molecule has 26 heavy (non-hydrogen) atoms. The van der Waals surface area contributed by atoms with Crippen molar-refractivity contribution < 1.29 is 9.72 Å². The van der Waals surface area contributed by atoms with Crippen LogP contribution in [0.25, 0.3) is 16.8 Å². The molecular weight excluding hydrogens is 352 g/mol. The number of non-ortho nitro benzene ring substituents is 1. The smallest absolute Gasteiger partial charge is 0.270 e. The Hall–Kier alpha value is -3.39. The first-order chi connectivity index (χ1) is 12.6. The van der Waals surface area contributed by atoms with Gasteiger partial charge < -0.3 is 5.32 Å². The fraction of sp³-hybridized carbons (Fsp3) is 0.0556. The summed E-state index contributed by atoms with van der Waals surface area (Å²) in [5.41, 5.74) is 2.10. The summed E-state index contributed by atoms with van der Waals surface area (Å²) in [5.74, 6) is -0.302. The van der Waals surface area contributed by atoms with E-state index in [1.165, 1.54) is 35.6 Å². The number of nitrogens with zero attached hydrogens (tertiary/aromatic N) is 3. The first-order valence-electron chi connectivity index (χ1n) is 7.68. The standard InChI is InChI=1S/C18H14N4O3S/c23-17(8-7-13-4-3-5-15(10-13)22(24)25)20-11-14-12-26-18(21-14)16-6-1-2-9-19-16/h1-10,12H,11H2,(H,20,23)/b8-7+. The van der Waals surface area contributed by atoms with E-state index in [1.807, 2.05) is 23.6 Å². The van der Waals surface area contributed by atoms with Crippen LogP contribution in [0, 0.1) is 10.1 Å². The molecule has 0 saturated heterocycles. The van der Waals surface area contributed by atoms with Gasteiger partial charge in [-0.3, -0.25) is 19.9 Å². The van der Waals surface area contributed by atoms with Gasteiger partial charge in [-0.2, -0.15) is 0 Å². The van der Waals surface area contributed by atoms with Gasteiger partial charge in [0.2, 0.25) is 5.91 Å². The number of carbonyl (C=O) groups is 1. The normalized spacial score (nSPS) is 10.8. The lowest BCUT2D eigenvalue weighted by atomic mass is 10.2. The zero-order valence-electron chi connectivity index (χ0n) is 13.5. The number of carbonyl (C=O) groups excluding carboxylic acids is 1. The lowest BCUT2D eigenvalue weighted by Gasteiger charge is -1.99. The van der Waals surface area contributed by atoms with Crippen LogP contribution in [0.5, 0.6) is 0 Å². The van der Waals surface area contributed by atoms with Crippen LogP contribution >= 0.6 is 11.3 Å². The van der Waals surface area contributed by atoms with Gasteiger partial charge in [0.15, 0.2) is 0 Å². The van der Waals surface area contributed by atoms with Crippen LogP contribution < -0.4 is 5.32 Å². The van der Waals surface area contributed by atoms with Crippen molar-refractivity contribution in [1.82, 2.24) is 15.3 Å². The van der Waals surface area contributed by atoms with Crippen molar-refractivity contribution in [2.24, 2.45) is 0 Å². The van der Waals surface area contributed by atoms with E-state index >= 15 is 0 Å². The molecule has 1 N–H and O–H groups in total. The minimum atomic E-state index is -0.473. The molecule has 0 spiro atoms. The highest BCUT2D eigenvalue weighted by molar-refractivity contribution is 7.13. The lowest BCUT2D eigenvalue weighted by Crippen LogP contribution is -2.20. The molecule has 2 aromatic heterocycles. The van der Waals surface area contributed by atoms with Gasteiger partial charge in [-0.1, -0.05) is 18.2 Å². The van der Waals surface area contributed by atoms with E-state index in [2.05, 4.69) is 15.3 Å². The zero-order chi connectivity index (χ0) is 18.4. The quantitative estimate of drug-likeness (QED) is 0.409. The zero-order valence-corrected chi connectivity index (χ0v) is 14.3. The largest absolute Gasteiger partial charge is 0.347 e. The number of hydrogen-bond acceptors (Lipinski definition) is 6. The van der Waals surface area contributed by atoms with Crippen molar-refractivity contribution >= 4 is 29.0 Å². The topological polar surface area (TPSA) is 98.0 Å². The highest BCUT2D eigenvalue weighted by Crippen LogP contribution is 2.21. The maximum Gasteiger partial charge on any atom is 0.270 e. The van der Waals surface area contributed by atoms with Crippen LogP contribution in [0.15, 0.2) is 60.1 Å². The molecule has 8 heteroatoms. The van der Waals surface area contributed by atoms with E-state index < -0.39 is 4.92 Å². The molecule has 3 rings (SSSR count). The summed E-state index contributed by atoms with van der Waals surface area (Å²) in [4.78, 5) is 30.9. The fourth-order valence-corrected chi connectivity index (χ4v) is 2.94. The van der Waals surface area contributed by atoms with Crippen LogP contribution in [0.3, 0.4) is 0 Å². The minimum Gasteiger partial charge on any atom is -0.347 e. The second-order valence-corrected chi connectivity index (χ2v) is 6.12. The highest BCUT2D eigenvalue weighted by Gasteiger charge is 2.07. The van der Waals surface area contributed by atoms with Crippen molar-refractivity contribution in [3.8, 4) is 10.7 Å². The molecule has 0 fully saturated rings. The Morgan fingerprint density at radius 1 is 1.27 bits per heavy atom. The summed E-state index contributed by atoms with van der Waals surface area (Å²) in [6.07, 6.45) is 4.57. The van der Waals surface area contributed by atoms with Gasteiger partial charge in [0.05, 0.1) is 22.9 Å². The molecule has 130 valence electrons. The number of rotatable bonds is 6. The van der Waals surface area contributed by atoms with Gasteiger partial charge in [0.25, 0.3) is 5.69 Å². The van der Waals surface area contributed by atoms with E-state index in [-0.39, 0.29) is 11.6 Å². The number of nitro benzene ring substituents is 1. The SMILES string of the molecule is O=C(/C=C/c1cccc([N+](=O)[O-])c1)NCc1csc(-c2ccccn2)n1. The number of amides is 1. The van der Waals surface area contributed by atoms with E-state index in [9.17, 15) is 14.9 Å². The molecule has 1 amide bonds. The molecular formula is C18H14N4O3S. The minimum absolute atomic E-state index is 0.0166. The monoisotopic (exact) mass is 366 g/mol. The molecule has 7 nitrogen and oxygen atoms in total. The van der Waals surface area contributed by atoms with Crippen molar-refractivity contribution in [2.75, 3.05) is 0 Å². The van der Waals surface area contributed by atoms with Gasteiger partial charge in [0.1, 0.15) is 5.01 Å². The third-order valence-electron chi connectivity index (χ3n) is 3.39. The predicted octanol–water partition coefficient (Wildman–Crippen LogP) is 3.44. The Labute approximate surface area is 153 Å². The second-order valence-electron chi connectivity index (χ2n) is 5.26. The first kappa shape index (κ1) is 17.4. The highest BCUT2D eigenvalue weighted by atomic mass is 32.1. The molecule has 0 bridgehead atoms. The molecule has 0 aliphatic heterocycles. The van der Waals surface area contributed by atoms with E-state index in [1.54, 1.807) is 18.3 Å². The molecule has 2 heterocycles. The van der Waals surface area contributed by atoms with Gasteiger partial charge in [0, 0.05) is 29.8 Å². The molecule has 0 aliphatic carbocycles. The molecule has 0 radical (unpaired) electrons.